The van der Waals surface area contributed by atoms with Gasteiger partial charge in [0, 0.05) is 39.1 Å². The normalized spacial score (nSPS) is 17.4. The summed E-state index contributed by atoms with van der Waals surface area (Å²) in [4.78, 5) is 130. The number of aromatic hydroxyl groups is 1. The van der Waals surface area contributed by atoms with E-state index >= 15 is 0 Å². The van der Waals surface area contributed by atoms with Crippen LogP contribution in [0, 0.1) is 11.8 Å². The number of aliphatic imine (C=N–C) groups is 3. The fourth-order valence-corrected chi connectivity index (χ4v) is 7.12. The Labute approximate surface area is 400 Å². The molecule has 3 rings (SSSR count). The minimum absolute atomic E-state index is 0.0399. The molecule has 69 heavy (non-hydrogen) atoms. The number of likely N-dealkylation sites (tertiary alicyclic amines) is 1. The van der Waals surface area contributed by atoms with Gasteiger partial charge in [-0.05, 0) is 69.2 Å². The van der Waals surface area contributed by atoms with E-state index in [-0.39, 0.29) is 57.0 Å². The molecule has 7 amide bonds. The number of nitrogens with two attached hydrogens (primary N) is 2. The van der Waals surface area contributed by atoms with Crippen molar-refractivity contribution in [1.82, 2.24) is 42.1 Å². The fourth-order valence-electron chi connectivity index (χ4n) is 7.12. The van der Waals surface area contributed by atoms with Crippen LogP contribution >= 0.6 is 0 Å². The molecular weight excluding hydrogens is 903 g/mol. The summed E-state index contributed by atoms with van der Waals surface area (Å²) in [6.07, 6.45) is 3.80. The molecule has 0 aliphatic carbocycles. The molecule has 14 N–H and O–H groups in total. The van der Waals surface area contributed by atoms with Gasteiger partial charge in [0.1, 0.15) is 54.4 Å². The van der Waals surface area contributed by atoms with Gasteiger partial charge in [0.2, 0.25) is 41.4 Å². The number of carbonyl (C=O) groups excluding carboxylic acids is 7. The second kappa shape index (κ2) is 28.9. The summed E-state index contributed by atoms with van der Waals surface area (Å²) >= 11 is 0. The number of hydrogen-bond donors (Lipinski definition) is 12. The third kappa shape index (κ3) is 20.3. The number of benzene rings is 1. The standard InChI is InChI=1S/C42H65N13O10.C2H4O2/c1-22(2)33(53-35(58)28(50-32(57)20-45-6)9-7-15-47-42(43)44)38(61)51-29(17-25-11-13-27(56)14-12-25)36(59)54-34(23(3)4)39(62)52-30(18-26-19-46-21-48-26)40(63)55-16-8-10-31(55)37(60)49-24(5)41(64)65;1-2(3)4/h11-14,19,21-24,26,28-31,33-34,45,56H,7-10,15-18,20H2,1-6H3,(H,49,60)(H,50,57)(H,51,61)(H,52,62)(H,53,58)(H,54,59)(H,64,65)(H4,43,44,47);1H3,(H,3,4)/t24-,26?,28-,29-,30-,31-,33-,34-;/m0./s1. The van der Waals surface area contributed by atoms with Crippen LogP contribution in [0.15, 0.2) is 39.2 Å². The molecule has 1 fully saturated rings. The van der Waals surface area contributed by atoms with Gasteiger partial charge in [-0.2, -0.15) is 0 Å². The van der Waals surface area contributed by atoms with Crippen LogP contribution in [0.2, 0.25) is 0 Å². The van der Waals surface area contributed by atoms with Gasteiger partial charge < -0.3 is 68.9 Å². The van der Waals surface area contributed by atoms with Crippen molar-refractivity contribution >= 4 is 71.8 Å². The Bertz CT molecular complexity index is 2030. The van der Waals surface area contributed by atoms with Crippen LogP contribution in [-0.4, -0.2) is 167 Å². The van der Waals surface area contributed by atoms with E-state index in [0.717, 1.165) is 6.92 Å². The molecule has 2 aliphatic rings. The number of likely N-dealkylation sites (N-methyl/N-ethyl adjacent to an activating group) is 1. The highest BCUT2D eigenvalue weighted by atomic mass is 16.4. The largest absolute Gasteiger partial charge is 0.508 e. The molecule has 1 saturated heterocycles. The molecule has 25 heteroatoms. The topological polar surface area (TPSA) is 391 Å². The molecule has 1 aromatic rings. The van der Waals surface area contributed by atoms with E-state index in [4.69, 9.17) is 21.4 Å². The number of carboxylic acid groups (broad SMARTS) is 2. The average molecular weight is 972 g/mol. The molecule has 0 aromatic heterocycles. The number of carboxylic acids is 2. The Balaban J connectivity index is 0.00000392. The third-order valence-corrected chi connectivity index (χ3v) is 10.7. The van der Waals surface area contributed by atoms with Crippen molar-refractivity contribution in [1.29, 1.82) is 0 Å². The molecule has 2 aliphatic heterocycles. The predicted molar refractivity (Wildman–Crippen MR) is 254 cm³/mol. The summed E-state index contributed by atoms with van der Waals surface area (Å²) in [5.74, 6) is -8.04. The molecule has 0 spiro atoms. The third-order valence-electron chi connectivity index (χ3n) is 10.7. The number of guanidine groups is 1. The van der Waals surface area contributed by atoms with E-state index in [0.29, 0.717) is 18.4 Å². The molecule has 25 nitrogen and oxygen atoms in total. The van der Waals surface area contributed by atoms with E-state index in [2.05, 4.69) is 52.2 Å². The van der Waals surface area contributed by atoms with Gasteiger partial charge in [0.05, 0.1) is 12.6 Å². The molecule has 1 aromatic carbocycles. The zero-order valence-corrected chi connectivity index (χ0v) is 40.1. The van der Waals surface area contributed by atoms with E-state index in [1.54, 1.807) is 46.9 Å². The fraction of sp³-hybridized carbons (Fsp3) is 0.591. The van der Waals surface area contributed by atoms with Gasteiger partial charge in [-0.1, -0.05) is 39.8 Å². The van der Waals surface area contributed by atoms with E-state index in [1.807, 2.05) is 0 Å². The van der Waals surface area contributed by atoms with E-state index < -0.39 is 113 Å². The van der Waals surface area contributed by atoms with Crippen molar-refractivity contribution in [2.45, 2.75) is 128 Å². The summed E-state index contributed by atoms with van der Waals surface area (Å²) in [7, 11) is 1.57. The van der Waals surface area contributed by atoms with Gasteiger partial charge in [-0.15, -0.1) is 0 Å². The minimum atomic E-state index is -1.34. The quantitative estimate of drug-likeness (QED) is 0.0274. The SMILES string of the molecule is CC(=O)O.CNCC(=O)N[C@@H](CCCN=C(N)N)C(=O)N[C@H](C(=O)N[C@@H](Cc1ccc(O)cc1)C(=O)N[C@H](C(=O)N[C@@H](CC1C=NC=N1)C(=O)N1CCC[C@H]1C(=O)N[C@@H](C)C(=O)O)C(C)C)C(C)C. The van der Waals surface area contributed by atoms with Crippen LogP contribution in [0.3, 0.4) is 0 Å². The maximum atomic E-state index is 14.3. The summed E-state index contributed by atoms with van der Waals surface area (Å²) in [6, 6.07) is -3.03. The van der Waals surface area contributed by atoms with Crippen LogP contribution in [0.4, 0.5) is 0 Å². The Kier molecular flexibility index (Phi) is 24.2. The molecule has 8 atom stereocenters. The van der Waals surface area contributed by atoms with Gasteiger partial charge in [0.15, 0.2) is 5.96 Å². The maximum absolute atomic E-state index is 14.3. The number of aliphatic carboxylic acids is 2. The Morgan fingerprint density at radius 2 is 1.36 bits per heavy atom. The number of hydrogen-bond acceptors (Lipinski definition) is 14. The number of nitrogens with one attached hydrogen (secondary N) is 7. The first-order valence-corrected chi connectivity index (χ1v) is 22.5. The number of carbonyl (C=O) groups is 9. The highest BCUT2D eigenvalue weighted by Crippen LogP contribution is 2.21. The molecule has 0 saturated carbocycles. The van der Waals surface area contributed by atoms with Crippen LogP contribution in [0.5, 0.6) is 5.75 Å². The molecule has 1 unspecified atom stereocenters. The minimum Gasteiger partial charge on any atom is -0.508 e. The van der Waals surface area contributed by atoms with Gasteiger partial charge in [-0.25, -0.2) is 4.99 Å². The predicted octanol–water partition coefficient (Wildman–Crippen LogP) is -2.51. The summed E-state index contributed by atoms with van der Waals surface area (Å²) in [5, 5.41) is 45.4. The van der Waals surface area contributed by atoms with Crippen molar-refractivity contribution in [2.75, 3.05) is 26.7 Å². The second-order valence-corrected chi connectivity index (χ2v) is 17.2. The smallest absolute Gasteiger partial charge is 0.325 e. The first-order valence-electron chi connectivity index (χ1n) is 22.5. The Morgan fingerprint density at radius 3 is 1.87 bits per heavy atom. The summed E-state index contributed by atoms with van der Waals surface area (Å²) in [6.45, 7) is 9.35. The van der Waals surface area contributed by atoms with Gasteiger partial charge in [-0.3, -0.25) is 53.1 Å². The number of phenols is 1. The van der Waals surface area contributed by atoms with Crippen LogP contribution in [-0.2, 0) is 49.6 Å². The Hall–Kier alpha value is -7.18. The maximum Gasteiger partial charge on any atom is 0.325 e. The second-order valence-electron chi connectivity index (χ2n) is 17.2. The van der Waals surface area contributed by atoms with Crippen molar-refractivity contribution in [3.05, 3.63) is 29.8 Å². The molecule has 2 heterocycles. The van der Waals surface area contributed by atoms with Crippen LogP contribution in [0.25, 0.3) is 0 Å². The zero-order chi connectivity index (χ0) is 52.0. The van der Waals surface area contributed by atoms with Crippen molar-refractivity contribution in [3.63, 3.8) is 0 Å². The first-order chi connectivity index (χ1) is 32.4. The van der Waals surface area contributed by atoms with E-state index in [1.165, 1.54) is 36.5 Å². The lowest BCUT2D eigenvalue weighted by molar-refractivity contribution is -0.144. The summed E-state index contributed by atoms with van der Waals surface area (Å²) in [5.41, 5.74) is 11.4. The molecular formula is C44H69N13O12. The number of amides is 7. The lowest BCUT2D eigenvalue weighted by atomic mass is 9.98. The van der Waals surface area contributed by atoms with Gasteiger partial charge >= 0.3 is 5.97 Å². The molecule has 0 radical (unpaired) electrons. The number of rotatable bonds is 25. The van der Waals surface area contributed by atoms with Crippen molar-refractivity contribution < 1.29 is 58.5 Å². The highest BCUT2D eigenvalue weighted by Gasteiger charge is 2.41. The highest BCUT2D eigenvalue weighted by molar-refractivity contribution is 5.98. The van der Waals surface area contributed by atoms with Crippen molar-refractivity contribution in [2.24, 2.45) is 38.3 Å². The van der Waals surface area contributed by atoms with Crippen LogP contribution in [0.1, 0.15) is 79.2 Å². The molecule has 0 bridgehead atoms. The van der Waals surface area contributed by atoms with Gasteiger partial charge in [0.25, 0.3) is 5.97 Å². The van der Waals surface area contributed by atoms with Crippen LogP contribution < -0.4 is 48.7 Å². The molecule has 382 valence electrons. The lowest BCUT2D eigenvalue weighted by Gasteiger charge is -2.32. The summed E-state index contributed by atoms with van der Waals surface area (Å²) < 4.78 is 0. The number of nitrogens with zero attached hydrogens (tertiary/aromatic N) is 4. The first kappa shape index (κ1) is 57.9. The van der Waals surface area contributed by atoms with Crippen molar-refractivity contribution in [3.8, 4) is 5.75 Å². The zero-order valence-electron chi connectivity index (χ0n) is 40.1. The number of phenolic OH excluding ortho intramolecular Hbond substituents is 1. The monoisotopic (exact) mass is 972 g/mol. The van der Waals surface area contributed by atoms with E-state index in [9.17, 15) is 48.6 Å². The Morgan fingerprint density at radius 1 is 0.797 bits per heavy atom. The average Bonchev–Trinajstić information content (AvgIpc) is 3.98. The lowest BCUT2D eigenvalue weighted by Crippen LogP contribution is -2.61.